The fourth-order valence-electron chi connectivity index (χ4n) is 4.87. The highest BCUT2D eigenvalue weighted by molar-refractivity contribution is 5.91. The van der Waals surface area contributed by atoms with Gasteiger partial charge in [-0.1, -0.05) is 36.4 Å². The first-order chi connectivity index (χ1) is 18.0. The van der Waals surface area contributed by atoms with Gasteiger partial charge in [0.2, 0.25) is 0 Å². The number of benzene rings is 3. The van der Waals surface area contributed by atoms with Crippen LogP contribution in [0.2, 0.25) is 0 Å². The van der Waals surface area contributed by atoms with Crippen molar-refractivity contribution >= 4 is 16.7 Å². The highest BCUT2D eigenvalue weighted by atomic mass is 19.1. The monoisotopic (exact) mass is 496 g/mol. The molecule has 5 aromatic rings. The van der Waals surface area contributed by atoms with E-state index in [1.807, 2.05) is 66.9 Å². The van der Waals surface area contributed by atoms with E-state index < -0.39 is 11.6 Å². The minimum atomic E-state index is -0.642. The minimum absolute atomic E-state index is 0.00950. The van der Waals surface area contributed by atoms with Crippen molar-refractivity contribution in [1.82, 2.24) is 9.97 Å². The molecular formula is C31H26F2N2O2. The van der Waals surface area contributed by atoms with Crippen LogP contribution in [0.1, 0.15) is 29.2 Å². The number of ether oxygens (including phenoxy) is 1. The van der Waals surface area contributed by atoms with Gasteiger partial charge in [-0.2, -0.15) is 0 Å². The molecule has 37 heavy (non-hydrogen) atoms. The van der Waals surface area contributed by atoms with E-state index in [1.54, 1.807) is 13.3 Å². The molecule has 2 aromatic heterocycles. The van der Waals surface area contributed by atoms with Crippen molar-refractivity contribution in [2.24, 2.45) is 0 Å². The van der Waals surface area contributed by atoms with Crippen molar-refractivity contribution in [2.75, 3.05) is 7.11 Å². The van der Waals surface area contributed by atoms with E-state index in [4.69, 9.17) is 4.74 Å². The highest BCUT2D eigenvalue weighted by Crippen LogP contribution is 2.33. The molecular weight excluding hydrogens is 470 g/mol. The molecule has 0 aliphatic heterocycles. The number of halogens is 2. The third-order valence-corrected chi connectivity index (χ3v) is 6.55. The second kappa shape index (κ2) is 10.7. The Kier molecular flexibility index (Phi) is 7.08. The lowest BCUT2D eigenvalue weighted by molar-refractivity contribution is -0.118. The van der Waals surface area contributed by atoms with Gasteiger partial charge in [0.1, 0.15) is 23.2 Å². The van der Waals surface area contributed by atoms with Crippen molar-refractivity contribution in [3.05, 3.63) is 120 Å². The molecule has 5 rings (SSSR count). The molecule has 1 atom stereocenters. The average Bonchev–Trinajstić information content (AvgIpc) is 3.29. The number of hydrogen-bond donors (Lipinski definition) is 1. The van der Waals surface area contributed by atoms with Crippen molar-refractivity contribution in [3.63, 3.8) is 0 Å². The summed E-state index contributed by atoms with van der Waals surface area (Å²) in [6.45, 7) is 0. The maximum absolute atomic E-state index is 14.0. The molecule has 1 N–H and O–H groups in total. The van der Waals surface area contributed by atoms with Crippen LogP contribution < -0.4 is 4.74 Å². The Labute approximate surface area is 214 Å². The summed E-state index contributed by atoms with van der Waals surface area (Å²) in [5, 5.41) is 0.930. The molecule has 0 saturated carbocycles. The van der Waals surface area contributed by atoms with Crippen LogP contribution in [0.15, 0.2) is 91.3 Å². The highest BCUT2D eigenvalue weighted by Gasteiger charge is 2.23. The number of nitrogens with zero attached hydrogens (tertiary/aromatic N) is 1. The zero-order chi connectivity index (χ0) is 25.8. The van der Waals surface area contributed by atoms with Crippen molar-refractivity contribution in [2.45, 2.75) is 25.2 Å². The summed E-state index contributed by atoms with van der Waals surface area (Å²) in [6.07, 6.45) is 4.20. The number of carbonyl (C=O) groups is 1. The van der Waals surface area contributed by atoms with E-state index >= 15 is 0 Å². The number of aromatic nitrogens is 2. The van der Waals surface area contributed by atoms with E-state index in [2.05, 4.69) is 9.97 Å². The molecule has 0 spiro atoms. The van der Waals surface area contributed by atoms with E-state index in [9.17, 15) is 13.6 Å². The van der Waals surface area contributed by atoms with Gasteiger partial charge in [-0.15, -0.1) is 0 Å². The van der Waals surface area contributed by atoms with Gasteiger partial charge in [-0.3, -0.25) is 9.78 Å². The number of carbonyl (C=O) groups excluding carboxylic acids is 1. The number of aromatic amines is 1. The summed E-state index contributed by atoms with van der Waals surface area (Å²) in [5.41, 5.74) is 4.88. The summed E-state index contributed by atoms with van der Waals surface area (Å²) in [6, 6.07) is 22.8. The van der Waals surface area contributed by atoms with E-state index in [-0.39, 0.29) is 31.0 Å². The first kappa shape index (κ1) is 24.4. The Morgan fingerprint density at radius 1 is 0.973 bits per heavy atom. The van der Waals surface area contributed by atoms with Gasteiger partial charge < -0.3 is 9.72 Å². The maximum atomic E-state index is 14.0. The number of methoxy groups -OCH3 is 1. The molecule has 0 saturated heterocycles. The number of H-pyrrole nitrogens is 1. The van der Waals surface area contributed by atoms with Gasteiger partial charge in [-0.25, -0.2) is 8.78 Å². The summed E-state index contributed by atoms with van der Waals surface area (Å²) in [7, 11) is 1.61. The zero-order valence-electron chi connectivity index (χ0n) is 20.4. The quantitative estimate of drug-likeness (QED) is 0.238. The molecule has 4 nitrogen and oxygen atoms in total. The SMILES string of the molecule is COc1ccc2[nH]cc(CC(=O)C[C@@H](Cc3cc(F)cc(F)c3)c3ncccc3-c3ccccc3)c2c1. The normalized spacial score (nSPS) is 12.0. The predicted octanol–water partition coefficient (Wildman–Crippen LogP) is 7.04. The molecule has 2 heterocycles. The van der Waals surface area contributed by atoms with Gasteiger partial charge in [0.15, 0.2) is 0 Å². The van der Waals surface area contributed by atoms with Gasteiger partial charge in [0.25, 0.3) is 0 Å². The molecule has 6 heteroatoms. The van der Waals surface area contributed by atoms with E-state index in [1.165, 1.54) is 12.1 Å². The lowest BCUT2D eigenvalue weighted by Crippen LogP contribution is -2.14. The summed E-state index contributed by atoms with van der Waals surface area (Å²) in [5.74, 6) is -0.929. The van der Waals surface area contributed by atoms with Gasteiger partial charge in [0.05, 0.1) is 12.8 Å². The number of nitrogens with one attached hydrogen (secondary N) is 1. The average molecular weight is 497 g/mol. The first-order valence-electron chi connectivity index (χ1n) is 12.1. The zero-order valence-corrected chi connectivity index (χ0v) is 20.4. The van der Waals surface area contributed by atoms with Crippen LogP contribution >= 0.6 is 0 Å². The molecule has 186 valence electrons. The van der Waals surface area contributed by atoms with Crippen molar-refractivity contribution in [3.8, 4) is 16.9 Å². The van der Waals surface area contributed by atoms with Crippen LogP contribution in [0.3, 0.4) is 0 Å². The Hall–Kier alpha value is -4.32. The van der Waals surface area contributed by atoms with Crippen LogP contribution in [0.25, 0.3) is 22.0 Å². The van der Waals surface area contributed by atoms with E-state index in [0.717, 1.165) is 39.4 Å². The fourth-order valence-corrected chi connectivity index (χ4v) is 4.87. The summed E-state index contributed by atoms with van der Waals surface area (Å²) in [4.78, 5) is 21.3. The second-order valence-electron chi connectivity index (χ2n) is 9.13. The topological polar surface area (TPSA) is 55.0 Å². The van der Waals surface area contributed by atoms with Crippen LogP contribution in [-0.2, 0) is 17.6 Å². The Balaban J connectivity index is 1.48. The molecule has 0 radical (unpaired) electrons. The van der Waals surface area contributed by atoms with Crippen LogP contribution in [0.5, 0.6) is 5.75 Å². The maximum Gasteiger partial charge on any atom is 0.138 e. The summed E-state index contributed by atoms with van der Waals surface area (Å²) < 4.78 is 33.4. The fraction of sp³-hybridized carbons (Fsp3) is 0.161. The van der Waals surface area contributed by atoms with Gasteiger partial charge in [-0.05, 0) is 59.5 Å². The number of pyridine rings is 1. The second-order valence-corrected chi connectivity index (χ2v) is 9.13. The van der Waals surface area contributed by atoms with Crippen LogP contribution in [0.4, 0.5) is 8.78 Å². The van der Waals surface area contributed by atoms with E-state index in [0.29, 0.717) is 11.3 Å². The van der Waals surface area contributed by atoms with Crippen molar-refractivity contribution in [1.29, 1.82) is 0 Å². The number of hydrogen-bond acceptors (Lipinski definition) is 3. The summed E-state index contributed by atoms with van der Waals surface area (Å²) >= 11 is 0. The molecule has 0 bridgehead atoms. The molecule has 0 unspecified atom stereocenters. The first-order valence-corrected chi connectivity index (χ1v) is 12.1. The standard InChI is InChI=1S/C31H26F2N2O2/c1-37-27-9-10-30-29(18-27)23(19-35-30)16-26(36)15-22(12-20-13-24(32)17-25(33)14-20)31-28(8-5-11-34-31)21-6-3-2-4-7-21/h2-11,13-14,17-19,22,35H,12,15-16H2,1H3/t22-/m1/s1. The van der Waals surface area contributed by atoms with Gasteiger partial charge in [0, 0.05) is 53.7 Å². The minimum Gasteiger partial charge on any atom is -0.497 e. The molecule has 0 aliphatic carbocycles. The molecule has 3 aromatic carbocycles. The largest absolute Gasteiger partial charge is 0.497 e. The molecule has 0 amide bonds. The number of Topliss-reactive ketones (excluding diaryl/α,β-unsaturated/α-hetero) is 1. The third kappa shape index (κ3) is 5.59. The lowest BCUT2D eigenvalue weighted by Gasteiger charge is -2.20. The van der Waals surface area contributed by atoms with Crippen molar-refractivity contribution < 1.29 is 18.3 Å². The number of fused-ring (bicyclic) bond motifs is 1. The smallest absolute Gasteiger partial charge is 0.138 e. The Morgan fingerprint density at radius 3 is 2.51 bits per heavy atom. The Bertz CT molecular complexity index is 1530. The third-order valence-electron chi connectivity index (χ3n) is 6.55. The van der Waals surface area contributed by atoms with Crippen LogP contribution in [-0.4, -0.2) is 22.9 Å². The number of rotatable bonds is 9. The lowest BCUT2D eigenvalue weighted by atomic mass is 9.86. The number of ketones is 1. The van der Waals surface area contributed by atoms with Gasteiger partial charge >= 0.3 is 0 Å². The molecule has 0 fully saturated rings. The molecule has 0 aliphatic rings. The van der Waals surface area contributed by atoms with Crippen LogP contribution in [0, 0.1) is 11.6 Å². The Morgan fingerprint density at radius 2 is 1.76 bits per heavy atom. The predicted molar refractivity (Wildman–Crippen MR) is 141 cm³/mol.